The standard InChI is InChI=1S/C6H15O3P.CH2O/c1-4-7-10(8-5-2)9-6-3;1-2/h4-6H2,1-3H3;1H2. The third kappa shape index (κ3) is 9.98. The average molecular weight is 196 g/mol. The first-order valence-electron chi connectivity index (χ1n) is 3.82. The molecule has 0 N–H and O–H groups in total. The van der Waals surface area contributed by atoms with Crippen LogP contribution in [0, 0.1) is 0 Å². The summed E-state index contributed by atoms with van der Waals surface area (Å²) in [6, 6.07) is 0. The molecule has 0 aromatic heterocycles. The van der Waals surface area contributed by atoms with Gasteiger partial charge in [-0.05, 0) is 20.8 Å². The summed E-state index contributed by atoms with van der Waals surface area (Å²) in [5.74, 6) is 0. The van der Waals surface area contributed by atoms with Gasteiger partial charge in [-0.1, -0.05) is 0 Å². The van der Waals surface area contributed by atoms with Gasteiger partial charge in [0.2, 0.25) is 0 Å². The molecule has 0 spiro atoms. The van der Waals surface area contributed by atoms with E-state index < -0.39 is 8.60 Å². The van der Waals surface area contributed by atoms with E-state index >= 15 is 0 Å². The molecule has 0 radical (unpaired) electrons. The Labute approximate surface area is 75.2 Å². The normalized spacial score (nSPS) is 9.33. The maximum atomic E-state index is 8.00. The highest BCUT2D eigenvalue weighted by molar-refractivity contribution is 7.41. The predicted octanol–water partition coefficient (Wildman–Crippen LogP) is 2.14. The van der Waals surface area contributed by atoms with E-state index in [-0.39, 0.29) is 0 Å². The van der Waals surface area contributed by atoms with E-state index in [1.54, 1.807) is 0 Å². The van der Waals surface area contributed by atoms with Crippen LogP contribution in [0.15, 0.2) is 0 Å². The number of carbonyl (C=O) groups is 1. The molecule has 0 saturated carbocycles. The first-order chi connectivity index (χ1) is 5.85. The fraction of sp³-hybridized carbons (Fsp3) is 0.857. The largest absolute Gasteiger partial charge is 0.332 e. The Morgan fingerprint density at radius 1 is 0.917 bits per heavy atom. The summed E-state index contributed by atoms with van der Waals surface area (Å²) in [7, 11) is -1.06. The molecule has 0 saturated heterocycles. The highest BCUT2D eigenvalue weighted by Crippen LogP contribution is 2.38. The Morgan fingerprint density at radius 3 is 1.33 bits per heavy atom. The van der Waals surface area contributed by atoms with Gasteiger partial charge in [-0.2, -0.15) is 0 Å². The summed E-state index contributed by atoms with van der Waals surface area (Å²) in [5.41, 5.74) is 0. The Kier molecular flexibility index (Phi) is 16.4. The molecular formula is C7H17O4P. The van der Waals surface area contributed by atoms with Crippen molar-refractivity contribution < 1.29 is 18.4 Å². The Hall–Kier alpha value is -0.0200. The van der Waals surface area contributed by atoms with Crippen molar-refractivity contribution in [2.45, 2.75) is 20.8 Å². The summed E-state index contributed by atoms with van der Waals surface area (Å²) >= 11 is 0. The maximum absolute atomic E-state index is 8.00. The summed E-state index contributed by atoms with van der Waals surface area (Å²) in [6.07, 6.45) is 0. The van der Waals surface area contributed by atoms with Crippen LogP contribution in [0.25, 0.3) is 0 Å². The molecule has 0 aliphatic carbocycles. The molecule has 0 aliphatic rings. The summed E-state index contributed by atoms with van der Waals surface area (Å²) in [5, 5.41) is 0. The van der Waals surface area contributed by atoms with Crippen molar-refractivity contribution in [2.75, 3.05) is 19.8 Å². The summed E-state index contributed by atoms with van der Waals surface area (Å²) in [6.45, 7) is 9.71. The zero-order chi connectivity index (χ0) is 9.82. The van der Waals surface area contributed by atoms with Crippen LogP contribution < -0.4 is 0 Å². The van der Waals surface area contributed by atoms with Crippen LogP contribution in [-0.2, 0) is 18.4 Å². The van der Waals surface area contributed by atoms with Crippen molar-refractivity contribution in [1.29, 1.82) is 0 Å². The van der Waals surface area contributed by atoms with Gasteiger partial charge in [-0.3, -0.25) is 0 Å². The molecule has 5 heteroatoms. The Morgan fingerprint density at radius 2 is 1.17 bits per heavy atom. The zero-order valence-electron chi connectivity index (χ0n) is 7.91. The first-order valence-corrected chi connectivity index (χ1v) is 4.92. The van der Waals surface area contributed by atoms with Gasteiger partial charge in [0.15, 0.2) is 0 Å². The van der Waals surface area contributed by atoms with Gasteiger partial charge in [0.25, 0.3) is 0 Å². The van der Waals surface area contributed by atoms with Crippen molar-refractivity contribution >= 4 is 15.4 Å². The third-order valence-corrected chi connectivity index (χ3v) is 2.11. The van der Waals surface area contributed by atoms with Crippen LogP contribution in [0.1, 0.15) is 20.8 Å². The maximum Gasteiger partial charge on any atom is 0.332 e. The molecule has 12 heavy (non-hydrogen) atoms. The van der Waals surface area contributed by atoms with Gasteiger partial charge in [-0.15, -0.1) is 0 Å². The van der Waals surface area contributed by atoms with Crippen molar-refractivity contribution in [1.82, 2.24) is 0 Å². The van der Waals surface area contributed by atoms with Crippen molar-refractivity contribution in [2.24, 2.45) is 0 Å². The van der Waals surface area contributed by atoms with E-state index in [4.69, 9.17) is 18.4 Å². The number of rotatable bonds is 6. The van der Waals surface area contributed by atoms with Gasteiger partial charge in [0.05, 0.1) is 19.8 Å². The molecule has 0 fully saturated rings. The number of hydrogen-bond acceptors (Lipinski definition) is 4. The molecule has 0 rings (SSSR count). The van der Waals surface area contributed by atoms with E-state index in [1.807, 2.05) is 27.6 Å². The molecule has 0 atom stereocenters. The van der Waals surface area contributed by atoms with Gasteiger partial charge in [0, 0.05) is 0 Å². The summed E-state index contributed by atoms with van der Waals surface area (Å²) in [4.78, 5) is 8.00. The van der Waals surface area contributed by atoms with E-state index in [9.17, 15) is 0 Å². The fourth-order valence-electron chi connectivity index (χ4n) is 0.428. The molecule has 0 heterocycles. The molecule has 0 bridgehead atoms. The number of hydrogen-bond donors (Lipinski definition) is 0. The monoisotopic (exact) mass is 196 g/mol. The lowest BCUT2D eigenvalue weighted by Crippen LogP contribution is -1.94. The van der Waals surface area contributed by atoms with Crippen LogP contribution in [-0.4, -0.2) is 26.6 Å². The minimum atomic E-state index is -1.06. The molecule has 0 aromatic carbocycles. The highest BCUT2D eigenvalue weighted by Gasteiger charge is 2.07. The third-order valence-electron chi connectivity index (χ3n) is 0.704. The van der Waals surface area contributed by atoms with Crippen LogP contribution in [0.5, 0.6) is 0 Å². The average Bonchev–Trinajstić information content (AvgIpc) is 2.10. The van der Waals surface area contributed by atoms with Gasteiger partial charge < -0.3 is 18.4 Å². The topological polar surface area (TPSA) is 44.8 Å². The quantitative estimate of drug-likeness (QED) is 0.610. The Balaban J connectivity index is 0. The van der Waals surface area contributed by atoms with E-state index in [0.717, 1.165) is 0 Å². The second-order valence-corrected chi connectivity index (χ2v) is 2.70. The Bertz CT molecular complexity index is 67.5. The van der Waals surface area contributed by atoms with E-state index in [2.05, 4.69) is 0 Å². The highest BCUT2D eigenvalue weighted by atomic mass is 31.2. The van der Waals surface area contributed by atoms with Gasteiger partial charge in [-0.25, -0.2) is 0 Å². The molecule has 74 valence electrons. The summed E-state index contributed by atoms with van der Waals surface area (Å²) < 4.78 is 15.4. The molecule has 4 nitrogen and oxygen atoms in total. The lowest BCUT2D eigenvalue weighted by Gasteiger charge is -2.12. The SMILES string of the molecule is C=O.CCOP(OCC)OCC. The lowest BCUT2D eigenvalue weighted by atomic mass is 10.9. The van der Waals surface area contributed by atoms with Gasteiger partial charge in [0.1, 0.15) is 6.79 Å². The lowest BCUT2D eigenvalue weighted by molar-refractivity contribution is -0.0979. The molecule has 0 unspecified atom stereocenters. The minimum absolute atomic E-state index is 0.645. The molecular weight excluding hydrogens is 179 g/mol. The van der Waals surface area contributed by atoms with E-state index in [1.165, 1.54) is 0 Å². The van der Waals surface area contributed by atoms with Crippen LogP contribution >= 0.6 is 8.60 Å². The molecule has 0 aliphatic heterocycles. The first kappa shape index (κ1) is 14.5. The smallest absolute Gasteiger partial charge is 0.313 e. The van der Waals surface area contributed by atoms with Crippen molar-refractivity contribution in [3.8, 4) is 0 Å². The zero-order valence-corrected chi connectivity index (χ0v) is 8.80. The van der Waals surface area contributed by atoms with Crippen molar-refractivity contribution in [3.63, 3.8) is 0 Å². The number of carbonyl (C=O) groups excluding carboxylic acids is 1. The van der Waals surface area contributed by atoms with Crippen LogP contribution in [0.2, 0.25) is 0 Å². The minimum Gasteiger partial charge on any atom is -0.313 e. The molecule has 0 amide bonds. The predicted molar refractivity (Wildman–Crippen MR) is 48.9 cm³/mol. The van der Waals surface area contributed by atoms with Crippen LogP contribution in [0.3, 0.4) is 0 Å². The molecule has 0 aromatic rings. The van der Waals surface area contributed by atoms with Crippen LogP contribution in [0.4, 0.5) is 0 Å². The second kappa shape index (κ2) is 13.6. The second-order valence-electron chi connectivity index (χ2n) is 1.48. The fourth-order valence-corrected chi connectivity index (χ4v) is 1.28. The van der Waals surface area contributed by atoms with E-state index in [0.29, 0.717) is 19.8 Å². The van der Waals surface area contributed by atoms with Crippen molar-refractivity contribution in [3.05, 3.63) is 0 Å². The van der Waals surface area contributed by atoms with Gasteiger partial charge >= 0.3 is 8.60 Å².